The largest absolute Gasteiger partial charge is 1.00 e. The van der Waals surface area contributed by atoms with Crippen LogP contribution in [0.4, 0.5) is 0 Å². The van der Waals surface area contributed by atoms with Gasteiger partial charge in [-0.05, 0) is 0 Å². The maximum absolute atomic E-state index is 0. The van der Waals surface area contributed by atoms with Crippen LogP contribution in [0.1, 0.15) is 0 Å². The van der Waals surface area contributed by atoms with Crippen LogP contribution in [0.5, 0.6) is 0 Å². The fraction of sp³-hybridized carbons (Fsp3) is 0. The van der Waals surface area contributed by atoms with E-state index in [1.165, 1.54) is 0 Å². The summed E-state index contributed by atoms with van der Waals surface area (Å²) in [5.41, 5.74) is 0. The zero-order valence-electron chi connectivity index (χ0n) is 7.85. The zero-order valence-corrected chi connectivity index (χ0v) is 25.2. The molecule has 0 aliphatic carbocycles. The summed E-state index contributed by atoms with van der Waals surface area (Å²) in [6.07, 6.45) is 0. The summed E-state index contributed by atoms with van der Waals surface area (Å²) in [5.74, 6) is 0. The van der Waals surface area contributed by atoms with E-state index >= 15 is 0 Å². The molecule has 0 atom stereocenters. The van der Waals surface area contributed by atoms with E-state index in [2.05, 4.69) is 0 Å². The first-order chi connectivity index (χ1) is 0. The molecule has 12 heteroatoms. The first-order valence-electron chi connectivity index (χ1n) is 0. The van der Waals surface area contributed by atoms with Gasteiger partial charge in [-0.1, -0.05) is 0 Å². The molecule has 0 saturated heterocycles. The number of halogens is 6. The monoisotopic (exact) mass is 414 g/mol. The van der Waals surface area contributed by atoms with E-state index in [-0.39, 0.29) is 255 Å². The van der Waals surface area contributed by atoms with E-state index in [1.54, 1.807) is 0 Å². The Hall–Kier alpha value is 7.84. The predicted octanol–water partition coefficient (Wildman–Crippen LogP) is -33.0. The van der Waals surface area contributed by atoms with Crippen LogP contribution in [0.3, 0.4) is 0 Å². The van der Waals surface area contributed by atoms with Crippen molar-refractivity contribution in [1.82, 2.24) is 0 Å². The van der Waals surface area contributed by atoms with E-state index in [1.807, 2.05) is 0 Å². The van der Waals surface area contributed by atoms with Crippen LogP contribution in [-0.4, -0.2) is 0 Å². The van der Waals surface area contributed by atoms with E-state index in [9.17, 15) is 0 Å². The first-order valence-corrected chi connectivity index (χ1v) is 0. The van der Waals surface area contributed by atoms with E-state index < -0.39 is 0 Å². The summed E-state index contributed by atoms with van der Waals surface area (Å²) in [5, 5.41) is 0. The fourth-order valence-electron chi connectivity index (χ4n) is 0. The standard InChI is InChI=1S/6ClH.5Na.Y/h6*1H;;;;;;/q;;;;;;5*+1;/p-6. The molecular formula is Cl6Na5Y-. The Morgan fingerprint density at radius 2 is 0.250 bits per heavy atom. The van der Waals surface area contributed by atoms with Crippen molar-refractivity contribution in [2.75, 3.05) is 0 Å². The maximum Gasteiger partial charge on any atom is 1.00 e. The van der Waals surface area contributed by atoms with Crippen molar-refractivity contribution in [1.29, 1.82) is 0 Å². The van der Waals surface area contributed by atoms with Gasteiger partial charge in [-0.15, -0.1) is 0 Å². The van der Waals surface area contributed by atoms with Crippen molar-refractivity contribution < 1.29 is 255 Å². The molecule has 0 bridgehead atoms. The van der Waals surface area contributed by atoms with Crippen LogP contribution in [0.15, 0.2) is 0 Å². The van der Waals surface area contributed by atoms with Gasteiger partial charge in [0.1, 0.15) is 0 Å². The summed E-state index contributed by atoms with van der Waals surface area (Å²) in [6, 6.07) is 0. The Labute approximate surface area is 248 Å². The first kappa shape index (κ1) is 115. The van der Waals surface area contributed by atoms with E-state index in [0.717, 1.165) is 0 Å². The van der Waals surface area contributed by atoms with Crippen LogP contribution in [0.2, 0.25) is 0 Å². The average Bonchev–Trinajstić information content (AvgIpc) is 0. The topological polar surface area (TPSA) is 0 Å². The van der Waals surface area contributed by atoms with Gasteiger partial charge < -0.3 is 74.4 Å². The average molecular weight is 417 g/mol. The Bertz CT molecular complexity index is 15.9. The van der Waals surface area contributed by atoms with Crippen LogP contribution < -0.4 is 222 Å². The molecule has 0 spiro atoms. The third-order valence-electron chi connectivity index (χ3n) is 0. The smallest absolute Gasteiger partial charge is 1.00 e. The summed E-state index contributed by atoms with van der Waals surface area (Å²) in [6.45, 7) is 0. The van der Waals surface area contributed by atoms with Crippen molar-refractivity contribution in [2.24, 2.45) is 0 Å². The molecule has 51 valence electrons. The molecule has 0 aliphatic heterocycles. The Morgan fingerprint density at radius 1 is 0.250 bits per heavy atom. The molecule has 0 heterocycles. The minimum absolute atomic E-state index is 0. The van der Waals surface area contributed by atoms with Gasteiger partial charge in [-0.3, -0.25) is 0 Å². The molecule has 0 aliphatic rings. The quantitative estimate of drug-likeness (QED) is 0.344. The van der Waals surface area contributed by atoms with Gasteiger partial charge in [-0.25, -0.2) is 0 Å². The van der Waals surface area contributed by atoms with Crippen LogP contribution in [-0.2, 0) is 32.7 Å². The van der Waals surface area contributed by atoms with Crippen LogP contribution in [0, 0.1) is 0 Å². The van der Waals surface area contributed by atoms with Crippen molar-refractivity contribution in [2.45, 2.75) is 0 Å². The minimum atomic E-state index is 0. The summed E-state index contributed by atoms with van der Waals surface area (Å²) < 4.78 is 0. The molecule has 0 aromatic rings. The Morgan fingerprint density at radius 3 is 0.250 bits per heavy atom. The third kappa shape index (κ3) is 82.3. The van der Waals surface area contributed by atoms with Crippen molar-refractivity contribution in [3.8, 4) is 0 Å². The van der Waals surface area contributed by atoms with E-state index in [0.29, 0.717) is 0 Å². The molecular weight excluding hydrogens is 417 g/mol. The number of rotatable bonds is 0. The van der Waals surface area contributed by atoms with Crippen molar-refractivity contribution >= 4 is 0 Å². The van der Waals surface area contributed by atoms with Gasteiger partial charge in [0.25, 0.3) is 0 Å². The van der Waals surface area contributed by atoms with Gasteiger partial charge in [0.2, 0.25) is 0 Å². The predicted molar refractivity (Wildman–Crippen MR) is 0 cm³/mol. The van der Waals surface area contributed by atoms with E-state index in [4.69, 9.17) is 0 Å². The molecule has 0 aromatic heterocycles. The number of hydrogen-bond acceptors (Lipinski definition) is 0. The molecule has 0 unspecified atom stereocenters. The van der Waals surface area contributed by atoms with Gasteiger partial charge in [0.05, 0.1) is 0 Å². The molecule has 0 saturated carbocycles. The molecule has 0 amide bonds. The zero-order chi connectivity index (χ0) is 0. The normalized spacial score (nSPS) is 0. The van der Waals surface area contributed by atoms with Crippen molar-refractivity contribution in [3.05, 3.63) is 0 Å². The molecule has 0 N–H and O–H groups in total. The molecule has 0 rings (SSSR count). The molecule has 12 heavy (non-hydrogen) atoms. The van der Waals surface area contributed by atoms with Crippen LogP contribution >= 0.6 is 0 Å². The third-order valence-corrected chi connectivity index (χ3v) is 0. The number of hydrogen-bond donors (Lipinski definition) is 0. The summed E-state index contributed by atoms with van der Waals surface area (Å²) in [7, 11) is 0. The molecule has 0 aromatic carbocycles. The van der Waals surface area contributed by atoms with Crippen molar-refractivity contribution in [3.63, 3.8) is 0 Å². The maximum atomic E-state index is 0. The minimum Gasteiger partial charge on any atom is -1.00 e. The second kappa shape index (κ2) is 97.5. The summed E-state index contributed by atoms with van der Waals surface area (Å²) >= 11 is 0. The summed E-state index contributed by atoms with van der Waals surface area (Å²) in [4.78, 5) is 0. The molecule has 1 radical (unpaired) electrons. The second-order valence-electron chi connectivity index (χ2n) is 0. The molecule has 0 fully saturated rings. The Kier molecular flexibility index (Phi) is 931. The SMILES string of the molecule is [Cl-].[Cl-].[Cl-].[Cl-].[Cl-].[Cl-].[Na+].[Na+].[Na+].[Na+].[Na+].[Y]. The second-order valence-corrected chi connectivity index (χ2v) is 0. The van der Waals surface area contributed by atoms with Gasteiger partial charge in [-0.2, -0.15) is 0 Å². The van der Waals surface area contributed by atoms with Crippen LogP contribution in [0.25, 0.3) is 0 Å². The van der Waals surface area contributed by atoms with Gasteiger partial charge in [0.15, 0.2) is 0 Å². The molecule has 0 nitrogen and oxygen atoms in total. The fourth-order valence-corrected chi connectivity index (χ4v) is 0. The van der Waals surface area contributed by atoms with Gasteiger partial charge >= 0.3 is 148 Å². The van der Waals surface area contributed by atoms with Gasteiger partial charge in [0, 0.05) is 32.7 Å². The Balaban J connectivity index is 0.